The lowest BCUT2D eigenvalue weighted by atomic mass is 9.66. The maximum Gasteiger partial charge on any atom is 0.313 e. The van der Waals surface area contributed by atoms with E-state index >= 15 is 0 Å². The molecule has 1 rings (SSSR count). The largest absolute Gasteiger partial charge is 0.466 e. The summed E-state index contributed by atoms with van der Waals surface area (Å²) in [6.45, 7) is 8.68. The van der Waals surface area contributed by atoms with Crippen molar-refractivity contribution < 1.29 is 9.53 Å². The van der Waals surface area contributed by atoms with Crippen molar-refractivity contribution in [3.8, 4) is 0 Å². The molecular weight excluding hydrogens is 188 g/mol. The number of rotatable bonds is 2. The number of esters is 1. The van der Waals surface area contributed by atoms with E-state index in [0.29, 0.717) is 6.61 Å². The highest BCUT2D eigenvalue weighted by Gasteiger charge is 2.40. The Morgan fingerprint density at radius 2 is 2.27 bits per heavy atom. The summed E-state index contributed by atoms with van der Waals surface area (Å²) < 4.78 is 5.17. The summed E-state index contributed by atoms with van der Waals surface area (Å²) in [5, 5.41) is 0. The van der Waals surface area contributed by atoms with Gasteiger partial charge in [0.2, 0.25) is 0 Å². The summed E-state index contributed by atoms with van der Waals surface area (Å²) in [6, 6.07) is 0. The first-order valence-corrected chi connectivity index (χ1v) is 5.84. The highest BCUT2D eigenvalue weighted by molar-refractivity contribution is 5.77. The van der Waals surface area contributed by atoms with Crippen LogP contribution in [0.3, 0.4) is 0 Å². The quantitative estimate of drug-likeness (QED) is 0.516. The highest BCUT2D eigenvalue weighted by Crippen LogP contribution is 2.44. The molecule has 0 radical (unpaired) electrons. The van der Waals surface area contributed by atoms with E-state index < -0.39 is 0 Å². The number of carbonyl (C=O) groups excluding carboxylic acids is 1. The molecule has 1 aliphatic carbocycles. The molecule has 0 heterocycles. The minimum absolute atomic E-state index is 0.0313. The van der Waals surface area contributed by atoms with Crippen LogP contribution in [0.5, 0.6) is 0 Å². The van der Waals surface area contributed by atoms with Gasteiger partial charge in [-0.15, -0.1) is 0 Å². The van der Waals surface area contributed by atoms with Crippen LogP contribution in [-0.2, 0) is 9.53 Å². The third-order valence-corrected chi connectivity index (χ3v) is 3.33. The van der Waals surface area contributed by atoms with E-state index in [2.05, 4.69) is 19.9 Å². The van der Waals surface area contributed by atoms with Crippen LogP contribution in [0.15, 0.2) is 11.6 Å². The van der Waals surface area contributed by atoms with Crippen LogP contribution < -0.4 is 0 Å². The van der Waals surface area contributed by atoms with Crippen molar-refractivity contribution >= 4 is 5.97 Å². The fraction of sp³-hybridized carbons (Fsp3) is 0.769. The van der Waals surface area contributed by atoms with Crippen LogP contribution in [0, 0.1) is 11.3 Å². The van der Waals surface area contributed by atoms with Crippen molar-refractivity contribution in [1.82, 2.24) is 0 Å². The molecular formula is C13H22O2. The summed E-state index contributed by atoms with van der Waals surface area (Å²) in [6.07, 6.45) is 5.42. The predicted octanol–water partition coefficient (Wildman–Crippen LogP) is 3.32. The van der Waals surface area contributed by atoms with E-state index in [1.54, 1.807) is 0 Å². The number of hydrogen-bond donors (Lipinski definition) is 0. The molecule has 0 saturated heterocycles. The van der Waals surface area contributed by atoms with Crippen molar-refractivity contribution in [2.45, 2.75) is 47.0 Å². The molecule has 0 N–H and O–H groups in total. The van der Waals surface area contributed by atoms with Gasteiger partial charge in [-0.05, 0) is 38.5 Å². The summed E-state index contributed by atoms with van der Waals surface area (Å²) in [4.78, 5) is 11.9. The lowest BCUT2D eigenvalue weighted by Gasteiger charge is -2.38. The molecule has 15 heavy (non-hydrogen) atoms. The van der Waals surface area contributed by atoms with Crippen molar-refractivity contribution in [1.29, 1.82) is 0 Å². The molecule has 2 nitrogen and oxygen atoms in total. The van der Waals surface area contributed by atoms with Gasteiger partial charge in [0, 0.05) is 0 Å². The van der Waals surface area contributed by atoms with Gasteiger partial charge in [-0.1, -0.05) is 25.5 Å². The Kier molecular flexibility index (Phi) is 3.95. The van der Waals surface area contributed by atoms with Gasteiger partial charge >= 0.3 is 5.97 Å². The van der Waals surface area contributed by atoms with E-state index in [1.165, 1.54) is 12.0 Å². The molecule has 0 aromatic carbocycles. The average molecular weight is 210 g/mol. The van der Waals surface area contributed by atoms with Gasteiger partial charge in [-0.2, -0.15) is 0 Å². The fourth-order valence-corrected chi connectivity index (χ4v) is 2.55. The zero-order valence-corrected chi connectivity index (χ0v) is 10.3. The Morgan fingerprint density at radius 1 is 1.60 bits per heavy atom. The van der Waals surface area contributed by atoms with Gasteiger partial charge in [0.15, 0.2) is 0 Å². The molecule has 1 aliphatic rings. The summed E-state index contributed by atoms with van der Waals surface area (Å²) >= 11 is 0. The SMILES string of the molecule is CC=C1CCCC(C)(C)C1C(=O)OCC. The zero-order valence-electron chi connectivity index (χ0n) is 10.3. The first kappa shape index (κ1) is 12.3. The van der Waals surface area contributed by atoms with Crippen LogP contribution in [0.1, 0.15) is 47.0 Å². The second-order valence-electron chi connectivity index (χ2n) is 4.89. The average Bonchev–Trinajstić information content (AvgIpc) is 2.16. The van der Waals surface area contributed by atoms with E-state index in [4.69, 9.17) is 4.74 Å². The molecule has 1 fully saturated rings. The highest BCUT2D eigenvalue weighted by atomic mass is 16.5. The van der Waals surface area contributed by atoms with E-state index in [0.717, 1.165) is 12.8 Å². The Hall–Kier alpha value is -0.790. The minimum Gasteiger partial charge on any atom is -0.466 e. The predicted molar refractivity (Wildman–Crippen MR) is 61.5 cm³/mol. The Balaban J connectivity index is 2.90. The standard InChI is InChI=1S/C13H22O2/c1-5-10-8-7-9-13(3,4)11(10)12(14)15-6-2/h5,11H,6-9H2,1-4H3. The molecule has 1 unspecified atom stereocenters. The van der Waals surface area contributed by atoms with Crippen LogP contribution in [0.4, 0.5) is 0 Å². The minimum atomic E-state index is -0.0460. The van der Waals surface area contributed by atoms with Gasteiger partial charge < -0.3 is 4.74 Å². The Morgan fingerprint density at radius 3 is 2.80 bits per heavy atom. The van der Waals surface area contributed by atoms with E-state index in [9.17, 15) is 4.79 Å². The lowest BCUT2D eigenvalue weighted by molar-refractivity contribution is -0.151. The van der Waals surface area contributed by atoms with Crippen molar-refractivity contribution in [3.05, 3.63) is 11.6 Å². The molecule has 1 saturated carbocycles. The van der Waals surface area contributed by atoms with Gasteiger partial charge in [0.1, 0.15) is 0 Å². The fourth-order valence-electron chi connectivity index (χ4n) is 2.55. The summed E-state index contributed by atoms with van der Waals surface area (Å²) in [5.41, 5.74) is 1.30. The lowest BCUT2D eigenvalue weighted by Crippen LogP contribution is -2.36. The van der Waals surface area contributed by atoms with Crippen LogP contribution >= 0.6 is 0 Å². The first-order chi connectivity index (χ1) is 7.03. The summed E-state index contributed by atoms with van der Waals surface area (Å²) in [7, 11) is 0. The number of hydrogen-bond acceptors (Lipinski definition) is 2. The molecule has 0 bridgehead atoms. The normalized spacial score (nSPS) is 27.7. The van der Waals surface area contributed by atoms with Crippen molar-refractivity contribution in [2.75, 3.05) is 6.61 Å². The molecule has 2 heteroatoms. The maximum atomic E-state index is 11.9. The second-order valence-corrected chi connectivity index (χ2v) is 4.89. The maximum absolute atomic E-state index is 11.9. The third kappa shape index (κ3) is 2.61. The van der Waals surface area contributed by atoms with Gasteiger partial charge in [-0.25, -0.2) is 0 Å². The van der Waals surface area contributed by atoms with Gasteiger partial charge in [0.25, 0.3) is 0 Å². The Bertz CT molecular complexity index is 264. The number of carbonyl (C=O) groups is 1. The van der Waals surface area contributed by atoms with Crippen LogP contribution in [-0.4, -0.2) is 12.6 Å². The monoisotopic (exact) mass is 210 g/mol. The van der Waals surface area contributed by atoms with Crippen LogP contribution in [0.2, 0.25) is 0 Å². The molecule has 0 aromatic rings. The topological polar surface area (TPSA) is 26.3 Å². The van der Waals surface area contributed by atoms with E-state index in [-0.39, 0.29) is 17.3 Å². The Labute approximate surface area is 92.7 Å². The van der Waals surface area contributed by atoms with Crippen molar-refractivity contribution in [3.63, 3.8) is 0 Å². The van der Waals surface area contributed by atoms with Gasteiger partial charge in [-0.3, -0.25) is 4.79 Å². The third-order valence-electron chi connectivity index (χ3n) is 3.33. The molecule has 86 valence electrons. The molecule has 1 atom stereocenters. The second kappa shape index (κ2) is 4.82. The molecule has 0 amide bonds. The molecule has 0 spiro atoms. The number of allylic oxidation sites excluding steroid dienone is 1. The zero-order chi connectivity index (χ0) is 11.5. The van der Waals surface area contributed by atoms with Crippen molar-refractivity contribution in [2.24, 2.45) is 11.3 Å². The smallest absolute Gasteiger partial charge is 0.313 e. The molecule has 0 aliphatic heterocycles. The van der Waals surface area contributed by atoms with Crippen LogP contribution in [0.25, 0.3) is 0 Å². The summed E-state index contributed by atoms with van der Waals surface area (Å²) in [5.74, 6) is -0.0773. The number of ether oxygens (including phenoxy) is 1. The first-order valence-electron chi connectivity index (χ1n) is 5.84. The van der Waals surface area contributed by atoms with Gasteiger partial charge in [0.05, 0.1) is 12.5 Å². The molecule has 0 aromatic heterocycles. The van der Waals surface area contributed by atoms with E-state index in [1.807, 2.05) is 13.8 Å².